The van der Waals surface area contributed by atoms with Crippen LogP contribution in [0.4, 0.5) is 10.2 Å². The molecule has 0 bridgehead atoms. The van der Waals surface area contributed by atoms with Gasteiger partial charge in [-0.1, -0.05) is 12.1 Å². The van der Waals surface area contributed by atoms with E-state index in [4.69, 9.17) is 10.5 Å². The molecule has 1 unspecified atom stereocenters. The Morgan fingerprint density at radius 1 is 1.20 bits per heavy atom. The highest BCUT2D eigenvalue weighted by Crippen LogP contribution is 2.40. The van der Waals surface area contributed by atoms with Crippen molar-refractivity contribution in [2.45, 2.75) is 37.5 Å². The maximum Gasteiger partial charge on any atom is 0.359 e. The number of esters is 1. The van der Waals surface area contributed by atoms with Crippen LogP contribution in [-0.2, 0) is 22.5 Å². The molecular formula is C21H22FN5O3. The van der Waals surface area contributed by atoms with Crippen molar-refractivity contribution in [2.75, 3.05) is 24.5 Å². The van der Waals surface area contributed by atoms with Gasteiger partial charge in [0.25, 0.3) is 5.91 Å². The first kappa shape index (κ1) is 18.9. The number of carbonyl (C=O) groups is 2. The minimum absolute atomic E-state index is 0.101. The number of nitrogens with zero attached hydrogens (tertiary/aromatic N) is 4. The minimum Gasteiger partial charge on any atom is -0.444 e. The van der Waals surface area contributed by atoms with E-state index in [1.165, 1.54) is 12.1 Å². The highest BCUT2D eigenvalue weighted by Gasteiger charge is 2.53. The smallest absolute Gasteiger partial charge is 0.359 e. The van der Waals surface area contributed by atoms with Gasteiger partial charge in [-0.15, -0.1) is 10.2 Å². The normalized spacial score (nSPS) is 21.6. The molecular weight excluding hydrogens is 389 g/mol. The van der Waals surface area contributed by atoms with Crippen LogP contribution in [0.15, 0.2) is 30.3 Å². The Morgan fingerprint density at radius 2 is 1.97 bits per heavy atom. The number of amides is 1. The van der Waals surface area contributed by atoms with Crippen molar-refractivity contribution < 1.29 is 18.7 Å². The van der Waals surface area contributed by atoms with E-state index in [1.807, 2.05) is 12.1 Å². The summed E-state index contributed by atoms with van der Waals surface area (Å²) in [6, 6.07) is 8.55. The Hall–Kier alpha value is -3.07. The summed E-state index contributed by atoms with van der Waals surface area (Å²) in [5, 5.41) is 8.32. The molecule has 30 heavy (non-hydrogen) atoms. The van der Waals surface area contributed by atoms with Gasteiger partial charge in [-0.2, -0.15) is 0 Å². The van der Waals surface area contributed by atoms with Crippen molar-refractivity contribution in [1.82, 2.24) is 15.1 Å². The molecule has 0 radical (unpaired) electrons. The molecule has 1 aromatic heterocycles. The molecule has 2 aromatic rings. The average Bonchev–Trinajstić information content (AvgIpc) is 3.42. The van der Waals surface area contributed by atoms with Gasteiger partial charge in [0.05, 0.1) is 0 Å². The molecule has 5 rings (SSSR count). The number of piperazine rings is 1. The summed E-state index contributed by atoms with van der Waals surface area (Å²) in [5.41, 5.74) is 6.28. The Kier molecular flexibility index (Phi) is 4.43. The minimum atomic E-state index is -1.17. The Labute approximate surface area is 172 Å². The average molecular weight is 411 g/mol. The van der Waals surface area contributed by atoms with Crippen molar-refractivity contribution in [3.63, 3.8) is 0 Å². The molecule has 3 aliphatic rings. The van der Waals surface area contributed by atoms with Crippen molar-refractivity contribution in [3.05, 3.63) is 53.0 Å². The lowest BCUT2D eigenvalue weighted by Gasteiger charge is -2.38. The van der Waals surface area contributed by atoms with E-state index in [-0.39, 0.29) is 17.6 Å². The first-order chi connectivity index (χ1) is 14.4. The van der Waals surface area contributed by atoms with E-state index in [0.717, 1.165) is 49.5 Å². The zero-order valence-electron chi connectivity index (χ0n) is 16.4. The van der Waals surface area contributed by atoms with E-state index in [1.54, 1.807) is 6.07 Å². The highest BCUT2D eigenvalue weighted by atomic mass is 19.1. The SMILES string of the molecule is NC(=O)C1(OC(=O)c2cc3c(nn2)N2CCN(Cc4ccc(F)cc4)CC2C3)CC1. The van der Waals surface area contributed by atoms with Gasteiger partial charge in [0, 0.05) is 50.6 Å². The number of carbonyl (C=O) groups excluding carboxylic acids is 2. The van der Waals surface area contributed by atoms with Crippen molar-refractivity contribution in [2.24, 2.45) is 5.73 Å². The first-order valence-corrected chi connectivity index (χ1v) is 10.1. The molecule has 1 amide bonds. The number of halogens is 1. The van der Waals surface area contributed by atoms with Gasteiger partial charge in [-0.3, -0.25) is 9.69 Å². The second-order valence-corrected chi connectivity index (χ2v) is 8.24. The Bertz CT molecular complexity index is 1010. The number of fused-ring (bicyclic) bond motifs is 3. The molecule has 8 nitrogen and oxygen atoms in total. The molecule has 2 N–H and O–H groups in total. The van der Waals surface area contributed by atoms with Gasteiger partial charge < -0.3 is 15.4 Å². The largest absolute Gasteiger partial charge is 0.444 e. The Balaban J connectivity index is 1.26. The first-order valence-electron chi connectivity index (χ1n) is 10.1. The second kappa shape index (κ2) is 7.02. The van der Waals surface area contributed by atoms with Gasteiger partial charge >= 0.3 is 5.97 Å². The zero-order chi connectivity index (χ0) is 20.9. The number of primary amides is 1. The molecule has 1 aliphatic carbocycles. The molecule has 9 heteroatoms. The van der Waals surface area contributed by atoms with Crippen LogP contribution in [0.1, 0.15) is 34.5 Å². The van der Waals surface area contributed by atoms with Gasteiger partial charge in [0.15, 0.2) is 17.1 Å². The van der Waals surface area contributed by atoms with E-state index in [2.05, 4.69) is 20.0 Å². The van der Waals surface area contributed by atoms with E-state index in [9.17, 15) is 14.0 Å². The van der Waals surface area contributed by atoms with Gasteiger partial charge in [0.2, 0.25) is 0 Å². The highest BCUT2D eigenvalue weighted by molar-refractivity contribution is 5.94. The number of aromatic nitrogens is 2. The Morgan fingerprint density at radius 3 is 2.67 bits per heavy atom. The maximum atomic E-state index is 13.1. The van der Waals surface area contributed by atoms with Crippen LogP contribution in [0, 0.1) is 5.82 Å². The summed E-state index contributed by atoms with van der Waals surface area (Å²) in [7, 11) is 0. The molecule has 1 saturated heterocycles. The lowest BCUT2D eigenvalue weighted by Crippen LogP contribution is -2.51. The lowest BCUT2D eigenvalue weighted by atomic mass is 10.1. The lowest BCUT2D eigenvalue weighted by molar-refractivity contribution is -0.128. The van der Waals surface area contributed by atoms with E-state index in [0.29, 0.717) is 12.8 Å². The number of benzene rings is 1. The number of ether oxygens (including phenoxy) is 1. The van der Waals surface area contributed by atoms with Gasteiger partial charge in [0.1, 0.15) is 5.82 Å². The molecule has 2 aliphatic heterocycles. The van der Waals surface area contributed by atoms with Crippen LogP contribution in [0.5, 0.6) is 0 Å². The predicted molar refractivity (Wildman–Crippen MR) is 105 cm³/mol. The number of hydrogen-bond donors (Lipinski definition) is 1. The summed E-state index contributed by atoms with van der Waals surface area (Å²) in [4.78, 5) is 28.4. The summed E-state index contributed by atoms with van der Waals surface area (Å²) in [6.45, 7) is 3.28. The molecule has 2 fully saturated rings. The van der Waals surface area contributed by atoms with Crippen LogP contribution in [-0.4, -0.2) is 58.3 Å². The van der Waals surface area contributed by atoms with Crippen LogP contribution < -0.4 is 10.6 Å². The summed E-state index contributed by atoms with van der Waals surface area (Å²) < 4.78 is 18.4. The summed E-state index contributed by atoms with van der Waals surface area (Å²) >= 11 is 0. The molecule has 0 spiro atoms. The quantitative estimate of drug-likeness (QED) is 0.734. The van der Waals surface area contributed by atoms with Crippen molar-refractivity contribution in [3.8, 4) is 0 Å². The number of hydrogen-bond acceptors (Lipinski definition) is 7. The fourth-order valence-electron chi connectivity index (χ4n) is 4.28. The third-order valence-corrected chi connectivity index (χ3v) is 6.11. The van der Waals surface area contributed by atoms with Crippen molar-refractivity contribution in [1.29, 1.82) is 0 Å². The number of anilines is 1. The van der Waals surface area contributed by atoms with E-state index >= 15 is 0 Å². The summed E-state index contributed by atoms with van der Waals surface area (Å²) in [6.07, 6.45) is 1.66. The molecule has 1 atom stereocenters. The molecule has 1 aromatic carbocycles. The monoisotopic (exact) mass is 411 g/mol. The third kappa shape index (κ3) is 3.39. The molecule has 3 heterocycles. The van der Waals surface area contributed by atoms with E-state index < -0.39 is 17.5 Å². The van der Waals surface area contributed by atoms with Crippen LogP contribution in [0.3, 0.4) is 0 Å². The van der Waals surface area contributed by atoms with Crippen LogP contribution >= 0.6 is 0 Å². The zero-order valence-corrected chi connectivity index (χ0v) is 16.4. The standard InChI is InChI=1S/C21H22FN5O3/c22-15-3-1-13(2-4-15)11-26-7-8-27-16(12-26)9-14-10-17(24-25-18(14)27)19(28)30-21(5-6-21)20(23)29/h1-4,10,16H,5-9,11-12H2,(H2,23,29). The van der Waals surface area contributed by atoms with Gasteiger partial charge in [-0.25, -0.2) is 9.18 Å². The van der Waals surface area contributed by atoms with Crippen LogP contribution in [0.25, 0.3) is 0 Å². The maximum absolute atomic E-state index is 13.1. The topological polar surface area (TPSA) is 102 Å². The fourth-order valence-corrected chi connectivity index (χ4v) is 4.28. The molecule has 1 saturated carbocycles. The van der Waals surface area contributed by atoms with Gasteiger partial charge in [-0.05, 0) is 30.2 Å². The number of nitrogens with two attached hydrogens (primary N) is 1. The summed E-state index contributed by atoms with van der Waals surface area (Å²) in [5.74, 6) is -0.715. The fraction of sp³-hybridized carbons (Fsp3) is 0.429. The third-order valence-electron chi connectivity index (χ3n) is 6.11. The molecule has 156 valence electrons. The second-order valence-electron chi connectivity index (χ2n) is 8.24. The predicted octanol–water partition coefficient (Wildman–Crippen LogP) is 1.04. The van der Waals surface area contributed by atoms with Crippen molar-refractivity contribution >= 4 is 17.7 Å². The van der Waals surface area contributed by atoms with Crippen LogP contribution in [0.2, 0.25) is 0 Å². The number of rotatable bonds is 5.